The summed E-state index contributed by atoms with van der Waals surface area (Å²) < 4.78 is 17.8. The van der Waals surface area contributed by atoms with E-state index in [2.05, 4.69) is 5.32 Å². The van der Waals surface area contributed by atoms with Crippen LogP contribution in [0.5, 0.6) is 0 Å². The minimum absolute atomic E-state index is 0.0333. The van der Waals surface area contributed by atoms with Crippen molar-refractivity contribution in [2.24, 2.45) is 0 Å². The molecule has 4 nitrogen and oxygen atoms in total. The molecule has 0 aliphatic heterocycles. The molecule has 1 aliphatic rings. The Morgan fingerprint density at radius 2 is 2.05 bits per heavy atom. The number of halogens is 1. The van der Waals surface area contributed by atoms with Gasteiger partial charge in [0.15, 0.2) is 6.61 Å². The molecule has 1 aliphatic carbocycles. The Bertz CT molecular complexity index is 484. The maximum absolute atomic E-state index is 12.9. The summed E-state index contributed by atoms with van der Waals surface area (Å²) in [6.07, 6.45) is 4.20. The number of amides is 1. The Labute approximate surface area is 117 Å². The van der Waals surface area contributed by atoms with Crippen molar-refractivity contribution >= 4 is 11.9 Å². The average Bonchev–Trinajstić information content (AvgIpc) is 2.89. The van der Waals surface area contributed by atoms with E-state index >= 15 is 0 Å². The van der Waals surface area contributed by atoms with Gasteiger partial charge in [-0.25, -0.2) is 4.39 Å². The first kappa shape index (κ1) is 14.5. The number of nitrogens with one attached hydrogen (secondary N) is 1. The predicted octanol–water partition coefficient (Wildman–Crippen LogP) is 1.97. The fourth-order valence-corrected chi connectivity index (χ4v) is 2.35. The highest BCUT2D eigenvalue weighted by molar-refractivity contribution is 5.81. The van der Waals surface area contributed by atoms with Gasteiger partial charge >= 0.3 is 5.97 Å². The lowest BCUT2D eigenvalue weighted by atomic mass is 10.1. The van der Waals surface area contributed by atoms with E-state index < -0.39 is 11.8 Å². The summed E-state index contributed by atoms with van der Waals surface area (Å²) in [5.74, 6) is -1.20. The van der Waals surface area contributed by atoms with Crippen LogP contribution < -0.4 is 5.32 Å². The summed E-state index contributed by atoms with van der Waals surface area (Å²) in [6, 6.07) is 5.97. The van der Waals surface area contributed by atoms with Crippen LogP contribution in [-0.4, -0.2) is 24.5 Å². The monoisotopic (exact) mass is 279 g/mol. The van der Waals surface area contributed by atoms with Crippen molar-refractivity contribution in [1.29, 1.82) is 0 Å². The summed E-state index contributed by atoms with van der Waals surface area (Å²) in [5, 5.41) is 2.83. The van der Waals surface area contributed by atoms with Crippen LogP contribution >= 0.6 is 0 Å². The number of rotatable bonds is 5. The molecular weight excluding hydrogens is 261 g/mol. The number of carbonyl (C=O) groups is 2. The van der Waals surface area contributed by atoms with Crippen molar-refractivity contribution < 1.29 is 18.7 Å². The zero-order valence-corrected chi connectivity index (χ0v) is 11.2. The van der Waals surface area contributed by atoms with Crippen LogP contribution in [0.1, 0.15) is 31.2 Å². The smallest absolute Gasteiger partial charge is 0.310 e. The van der Waals surface area contributed by atoms with E-state index in [1.807, 2.05) is 0 Å². The third-order valence-corrected chi connectivity index (χ3v) is 3.32. The molecule has 0 atom stereocenters. The van der Waals surface area contributed by atoms with Gasteiger partial charge < -0.3 is 10.1 Å². The van der Waals surface area contributed by atoms with Gasteiger partial charge in [-0.05, 0) is 30.5 Å². The molecule has 1 fully saturated rings. The predicted molar refractivity (Wildman–Crippen MR) is 71.5 cm³/mol. The van der Waals surface area contributed by atoms with E-state index in [0.717, 1.165) is 25.7 Å². The summed E-state index contributed by atoms with van der Waals surface area (Å²) in [6.45, 7) is -0.273. The quantitative estimate of drug-likeness (QED) is 0.838. The maximum Gasteiger partial charge on any atom is 0.310 e. The molecule has 5 heteroatoms. The number of esters is 1. The normalized spacial score (nSPS) is 15.1. The van der Waals surface area contributed by atoms with Gasteiger partial charge in [0, 0.05) is 6.04 Å². The van der Waals surface area contributed by atoms with Crippen molar-refractivity contribution in [3.8, 4) is 0 Å². The second-order valence-electron chi connectivity index (χ2n) is 5.02. The van der Waals surface area contributed by atoms with Crippen LogP contribution in [0.25, 0.3) is 0 Å². The number of benzene rings is 1. The molecule has 108 valence electrons. The number of carbonyl (C=O) groups excluding carboxylic acids is 2. The molecule has 0 aromatic heterocycles. The van der Waals surface area contributed by atoms with Crippen molar-refractivity contribution in [1.82, 2.24) is 5.32 Å². The van der Waals surface area contributed by atoms with Crippen LogP contribution in [0.15, 0.2) is 24.3 Å². The van der Waals surface area contributed by atoms with Gasteiger partial charge in [0.05, 0.1) is 6.42 Å². The first-order valence-corrected chi connectivity index (χ1v) is 6.83. The van der Waals surface area contributed by atoms with E-state index in [4.69, 9.17) is 4.74 Å². The minimum Gasteiger partial charge on any atom is -0.455 e. The summed E-state index contributed by atoms with van der Waals surface area (Å²) in [5.41, 5.74) is 0.534. The highest BCUT2D eigenvalue weighted by Crippen LogP contribution is 2.17. The van der Waals surface area contributed by atoms with Gasteiger partial charge in [-0.2, -0.15) is 0 Å². The molecule has 0 bridgehead atoms. The van der Waals surface area contributed by atoms with Gasteiger partial charge in [0.1, 0.15) is 5.82 Å². The lowest BCUT2D eigenvalue weighted by Gasteiger charge is -2.11. The molecule has 1 aromatic rings. The van der Waals surface area contributed by atoms with Crippen molar-refractivity contribution in [2.75, 3.05) is 6.61 Å². The highest BCUT2D eigenvalue weighted by Gasteiger charge is 2.17. The van der Waals surface area contributed by atoms with Crippen LogP contribution in [0, 0.1) is 5.82 Å². The second kappa shape index (κ2) is 7.03. The summed E-state index contributed by atoms with van der Waals surface area (Å²) in [7, 11) is 0. The lowest BCUT2D eigenvalue weighted by molar-refractivity contribution is -0.148. The molecule has 0 saturated heterocycles. The molecule has 0 spiro atoms. The van der Waals surface area contributed by atoms with Crippen molar-refractivity contribution in [2.45, 2.75) is 38.1 Å². The Kier molecular flexibility index (Phi) is 5.09. The first-order chi connectivity index (χ1) is 9.63. The van der Waals surface area contributed by atoms with E-state index in [0.29, 0.717) is 5.56 Å². The fourth-order valence-electron chi connectivity index (χ4n) is 2.35. The minimum atomic E-state index is -0.530. The lowest BCUT2D eigenvalue weighted by Crippen LogP contribution is -2.36. The zero-order chi connectivity index (χ0) is 14.4. The highest BCUT2D eigenvalue weighted by atomic mass is 19.1. The molecule has 1 saturated carbocycles. The summed E-state index contributed by atoms with van der Waals surface area (Å²) >= 11 is 0. The molecule has 1 aromatic carbocycles. The number of ether oxygens (including phenoxy) is 1. The number of hydrogen-bond donors (Lipinski definition) is 1. The second-order valence-corrected chi connectivity index (χ2v) is 5.02. The topological polar surface area (TPSA) is 55.4 Å². The van der Waals surface area contributed by atoms with Crippen molar-refractivity contribution in [3.63, 3.8) is 0 Å². The van der Waals surface area contributed by atoms with Crippen LogP contribution in [0.4, 0.5) is 4.39 Å². The third-order valence-electron chi connectivity index (χ3n) is 3.32. The van der Waals surface area contributed by atoms with Crippen LogP contribution in [-0.2, 0) is 20.7 Å². The first-order valence-electron chi connectivity index (χ1n) is 6.83. The fraction of sp³-hybridized carbons (Fsp3) is 0.467. The SMILES string of the molecule is O=C(COC(=O)Cc1cccc(F)c1)NC1CCCC1. The Morgan fingerprint density at radius 1 is 1.30 bits per heavy atom. The molecule has 0 radical (unpaired) electrons. The zero-order valence-electron chi connectivity index (χ0n) is 11.2. The van der Waals surface area contributed by atoms with Crippen molar-refractivity contribution in [3.05, 3.63) is 35.6 Å². The van der Waals surface area contributed by atoms with Gasteiger partial charge in [-0.1, -0.05) is 25.0 Å². The third kappa shape index (κ3) is 4.64. The van der Waals surface area contributed by atoms with Gasteiger partial charge in [0.25, 0.3) is 5.91 Å². The molecule has 1 amide bonds. The van der Waals surface area contributed by atoms with Crippen LogP contribution in [0.3, 0.4) is 0 Å². The maximum atomic E-state index is 12.9. The number of hydrogen-bond acceptors (Lipinski definition) is 3. The average molecular weight is 279 g/mol. The van der Waals surface area contributed by atoms with E-state index in [-0.39, 0.29) is 25.0 Å². The Hall–Kier alpha value is -1.91. The largest absolute Gasteiger partial charge is 0.455 e. The molecule has 0 unspecified atom stereocenters. The molecule has 20 heavy (non-hydrogen) atoms. The van der Waals surface area contributed by atoms with Gasteiger partial charge in [0.2, 0.25) is 0 Å². The van der Waals surface area contributed by atoms with Gasteiger partial charge in [-0.15, -0.1) is 0 Å². The Morgan fingerprint density at radius 3 is 2.75 bits per heavy atom. The Balaban J connectivity index is 1.70. The van der Waals surface area contributed by atoms with Gasteiger partial charge in [-0.3, -0.25) is 9.59 Å². The van der Waals surface area contributed by atoms with E-state index in [9.17, 15) is 14.0 Å². The molecule has 2 rings (SSSR count). The van der Waals surface area contributed by atoms with Crippen LogP contribution in [0.2, 0.25) is 0 Å². The standard InChI is InChI=1S/C15H18FNO3/c16-12-5-3-4-11(8-12)9-15(19)20-10-14(18)17-13-6-1-2-7-13/h3-5,8,13H,1-2,6-7,9-10H2,(H,17,18). The summed E-state index contributed by atoms with van der Waals surface area (Å²) in [4.78, 5) is 23.1. The molecule has 1 N–H and O–H groups in total. The van der Waals surface area contributed by atoms with E-state index in [1.54, 1.807) is 6.07 Å². The molecular formula is C15H18FNO3. The molecule has 0 heterocycles. The van der Waals surface area contributed by atoms with E-state index in [1.165, 1.54) is 18.2 Å².